The number of aromatic amines is 1. The van der Waals surface area contributed by atoms with Gasteiger partial charge in [-0.2, -0.15) is 0 Å². The van der Waals surface area contributed by atoms with Gasteiger partial charge in [-0.15, -0.1) is 0 Å². The molecule has 0 fully saturated rings. The van der Waals surface area contributed by atoms with Crippen molar-refractivity contribution >= 4 is 28.6 Å². The number of methoxy groups -OCH3 is 1. The van der Waals surface area contributed by atoms with Crippen molar-refractivity contribution in [3.63, 3.8) is 0 Å². The highest BCUT2D eigenvalue weighted by molar-refractivity contribution is 6.32. The maximum absolute atomic E-state index is 5.90. The molecule has 5 heteroatoms. The van der Waals surface area contributed by atoms with E-state index >= 15 is 0 Å². The second kappa shape index (κ2) is 2.81. The standard InChI is InChI=1S/C8H8ClN3O/c1-13-7-3-6-5(2-4(7)9)11-8(10)12-6/h2-3H,1H3,(H3,10,11,12). The zero-order chi connectivity index (χ0) is 9.42. The van der Waals surface area contributed by atoms with Crippen LogP contribution in [0.4, 0.5) is 5.95 Å². The zero-order valence-electron chi connectivity index (χ0n) is 6.97. The Morgan fingerprint density at radius 2 is 2.31 bits per heavy atom. The fourth-order valence-electron chi connectivity index (χ4n) is 1.19. The molecule has 68 valence electrons. The summed E-state index contributed by atoms with van der Waals surface area (Å²) in [4.78, 5) is 6.92. The van der Waals surface area contributed by atoms with Crippen molar-refractivity contribution in [1.82, 2.24) is 9.97 Å². The van der Waals surface area contributed by atoms with E-state index in [1.807, 2.05) is 0 Å². The lowest BCUT2D eigenvalue weighted by Gasteiger charge is -2.00. The van der Waals surface area contributed by atoms with Crippen LogP contribution in [0.2, 0.25) is 5.02 Å². The van der Waals surface area contributed by atoms with E-state index in [2.05, 4.69) is 9.97 Å². The monoisotopic (exact) mass is 197 g/mol. The largest absolute Gasteiger partial charge is 0.495 e. The highest BCUT2D eigenvalue weighted by Crippen LogP contribution is 2.28. The predicted molar refractivity (Wildman–Crippen MR) is 52.1 cm³/mol. The summed E-state index contributed by atoms with van der Waals surface area (Å²) in [6.07, 6.45) is 0. The maximum Gasteiger partial charge on any atom is 0.198 e. The third-order valence-corrected chi connectivity index (χ3v) is 2.07. The van der Waals surface area contributed by atoms with Gasteiger partial charge in [-0.1, -0.05) is 11.6 Å². The van der Waals surface area contributed by atoms with Crippen LogP contribution in [0.25, 0.3) is 11.0 Å². The van der Waals surface area contributed by atoms with Crippen molar-refractivity contribution in [2.45, 2.75) is 0 Å². The lowest BCUT2D eigenvalue weighted by molar-refractivity contribution is 0.415. The number of nitrogen functional groups attached to an aromatic ring is 1. The van der Waals surface area contributed by atoms with E-state index < -0.39 is 0 Å². The van der Waals surface area contributed by atoms with Crippen molar-refractivity contribution in [3.05, 3.63) is 17.2 Å². The molecule has 3 N–H and O–H groups in total. The van der Waals surface area contributed by atoms with E-state index in [1.165, 1.54) is 0 Å². The van der Waals surface area contributed by atoms with Crippen LogP contribution in [0.3, 0.4) is 0 Å². The number of H-pyrrole nitrogens is 1. The molecule has 13 heavy (non-hydrogen) atoms. The maximum atomic E-state index is 5.90. The molecule has 0 saturated carbocycles. The molecule has 2 rings (SSSR count). The summed E-state index contributed by atoms with van der Waals surface area (Å²) in [5.74, 6) is 0.972. The summed E-state index contributed by atoms with van der Waals surface area (Å²) in [5, 5.41) is 0.540. The summed E-state index contributed by atoms with van der Waals surface area (Å²) in [6, 6.07) is 3.48. The fourth-order valence-corrected chi connectivity index (χ4v) is 1.43. The average Bonchev–Trinajstić information content (AvgIpc) is 2.42. The zero-order valence-corrected chi connectivity index (χ0v) is 7.72. The van der Waals surface area contributed by atoms with Crippen molar-refractivity contribution in [3.8, 4) is 5.75 Å². The molecule has 1 aromatic carbocycles. The van der Waals surface area contributed by atoms with E-state index in [4.69, 9.17) is 22.1 Å². The van der Waals surface area contributed by atoms with E-state index in [1.54, 1.807) is 19.2 Å². The van der Waals surface area contributed by atoms with E-state index in [0.717, 1.165) is 11.0 Å². The molecule has 0 unspecified atom stereocenters. The smallest absolute Gasteiger partial charge is 0.198 e. The molecule has 1 heterocycles. The Balaban J connectivity index is 2.72. The first kappa shape index (κ1) is 8.19. The third-order valence-electron chi connectivity index (χ3n) is 1.77. The summed E-state index contributed by atoms with van der Waals surface area (Å²) >= 11 is 5.90. The van der Waals surface area contributed by atoms with E-state index in [-0.39, 0.29) is 0 Å². The summed E-state index contributed by atoms with van der Waals surface area (Å²) in [7, 11) is 1.56. The van der Waals surface area contributed by atoms with Crippen molar-refractivity contribution in [2.24, 2.45) is 0 Å². The van der Waals surface area contributed by atoms with Crippen LogP contribution in [0, 0.1) is 0 Å². The quantitative estimate of drug-likeness (QED) is 0.733. The number of anilines is 1. The summed E-state index contributed by atoms with van der Waals surface area (Å²) in [5.41, 5.74) is 7.04. The van der Waals surface area contributed by atoms with Gasteiger partial charge in [0.1, 0.15) is 5.75 Å². The van der Waals surface area contributed by atoms with Gasteiger partial charge in [-0.3, -0.25) is 0 Å². The van der Waals surface area contributed by atoms with Gasteiger partial charge in [-0.25, -0.2) is 4.98 Å². The van der Waals surface area contributed by atoms with Crippen LogP contribution in [0.5, 0.6) is 5.75 Å². The number of rotatable bonds is 1. The predicted octanol–water partition coefficient (Wildman–Crippen LogP) is 1.81. The molecule has 0 amide bonds. The second-order valence-corrected chi connectivity index (χ2v) is 3.03. The Kier molecular flexibility index (Phi) is 1.77. The molecule has 0 aliphatic heterocycles. The Morgan fingerprint density at radius 1 is 1.54 bits per heavy atom. The SMILES string of the molecule is COc1cc2nc(N)[nH]c2cc1Cl. The number of aromatic nitrogens is 2. The molecule has 2 aromatic rings. The van der Waals surface area contributed by atoms with Gasteiger partial charge < -0.3 is 15.5 Å². The van der Waals surface area contributed by atoms with Crippen LogP contribution >= 0.6 is 11.6 Å². The van der Waals surface area contributed by atoms with Gasteiger partial charge in [0.15, 0.2) is 5.95 Å². The van der Waals surface area contributed by atoms with Gasteiger partial charge in [0.2, 0.25) is 0 Å². The molecule has 0 spiro atoms. The van der Waals surface area contributed by atoms with Crippen LogP contribution in [0.1, 0.15) is 0 Å². The number of ether oxygens (including phenoxy) is 1. The van der Waals surface area contributed by atoms with Gasteiger partial charge in [0.05, 0.1) is 23.2 Å². The van der Waals surface area contributed by atoms with Crippen LogP contribution in [-0.4, -0.2) is 17.1 Å². The lowest BCUT2D eigenvalue weighted by Crippen LogP contribution is -1.84. The van der Waals surface area contributed by atoms with Crippen molar-refractivity contribution in [1.29, 1.82) is 0 Å². The summed E-state index contributed by atoms with van der Waals surface area (Å²) in [6.45, 7) is 0. The second-order valence-electron chi connectivity index (χ2n) is 2.63. The number of nitrogens with two attached hydrogens (primary N) is 1. The number of halogens is 1. The normalized spacial score (nSPS) is 10.6. The van der Waals surface area contributed by atoms with Crippen LogP contribution < -0.4 is 10.5 Å². The molecule has 0 aliphatic rings. The topological polar surface area (TPSA) is 63.9 Å². The van der Waals surface area contributed by atoms with E-state index in [9.17, 15) is 0 Å². The Bertz CT molecular complexity index is 452. The Morgan fingerprint density at radius 3 is 3.00 bits per heavy atom. The van der Waals surface area contributed by atoms with Gasteiger partial charge in [-0.05, 0) is 6.07 Å². The minimum absolute atomic E-state index is 0.374. The number of nitrogens with one attached hydrogen (secondary N) is 1. The minimum Gasteiger partial charge on any atom is -0.495 e. The Labute approximate surface area is 79.7 Å². The van der Waals surface area contributed by atoms with Crippen molar-refractivity contribution < 1.29 is 4.74 Å². The first-order valence-corrected chi connectivity index (χ1v) is 4.07. The molecule has 0 bridgehead atoms. The van der Waals surface area contributed by atoms with Crippen molar-refractivity contribution in [2.75, 3.05) is 12.8 Å². The lowest BCUT2D eigenvalue weighted by atomic mass is 10.3. The minimum atomic E-state index is 0.374. The number of hydrogen-bond acceptors (Lipinski definition) is 3. The van der Waals surface area contributed by atoms with E-state index in [0.29, 0.717) is 16.7 Å². The molecular formula is C8H8ClN3O. The van der Waals surface area contributed by atoms with Gasteiger partial charge >= 0.3 is 0 Å². The molecule has 0 radical (unpaired) electrons. The number of hydrogen-bond donors (Lipinski definition) is 2. The Hall–Kier alpha value is -1.42. The average molecular weight is 198 g/mol. The first-order chi connectivity index (χ1) is 6.20. The number of benzene rings is 1. The highest BCUT2D eigenvalue weighted by atomic mass is 35.5. The fraction of sp³-hybridized carbons (Fsp3) is 0.125. The highest BCUT2D eigenvalue weighted by Gasteiger charge is 2.05. The van der Waals surface area contributed by atoms with Gasteiger partial charge in [0.25, 0.3) is 0 Å². The number of imidazole rings is 1. The molecule has 0 aliphatic carbocycles. The summed E-state index contributed by atoms with van der Waals surface area (Å²) < 4.78 is 5.04. The van der Waals surface area contributed by atoms with Gasteiger partial charge in [0, 0.05) is 6.07 Å². The number of fused-ring (bicyclic) bond motifs is 1. The molecule has 0 saturated heterocycles. The molecule has 1 aromatic heterocycles. The van der Waals surface area contributed by atoms with Crippen LogP contribution in [0.15, 0.2) is 12.1 Å². The number of nitrogens with zero attached hydrogens (tertiary/aromatic N) is 1. The third kappa shape index (κ3) is 1.29. The molecule has 0 atom stereocenters. The van der Waals surface area contributed by atoms with Crippen LogP contribution in [-0.2, 0) is 0 Å². The molecule has 4 nitrogen and oxygen atoms in total. The first-order valence-electron chi connectivity index (χ1n) is 3.69. The molecular weight excluding hydrogens is 190 g/mol.